The van der Waals surface area contributed by atoms with E-state index in [1.165, 1.54) is 10.6 Å². The summed E-state index contributed by atoms with van der Waals surface area (Å²) in [6, 6.07) is 10.2. The van der Waals surface area contributed by atoms with Gasteiger partial charge in [0, 0.05) is 40.5 Å². The van der Waals surface area contributed by atoms with E-state index in [0.717, 1.165) is 5.56 Å². The molecule has 21 heavy (non-hydrogen) atoms. The highest BCUT2D eigenvalue weighted by molar-refractivity contribution is 6.21. The first kappa shape index (κ1) is 14.6. The fraction of sp³-hybridized carbons (Fsp3) is 0.125. The topological polar surface area (TPSA) is 97.9 Å². The highest BCUT2D eigenvalue weighted by atomic mass is 16.1. The summed E-state index contributed by atoms with van der Waals surface area (Å²) in [5.74, 6) is 0. The zero-order chi connectivity index (χ0) is 15.6. The number of nitrogens with two attached hydrogens (primary N) is 2. The summed E-state index contributed by atoms with van der Waals surface area (Å²) >= 11 is 0. The Hall–Kier alpha value is -2.82. The van der Waals surface area contributed by atoms with Crippen LogP contribution in [-0.4, -0.2) is 10.3 Å². The number of nitrogen functional groups attached to an aromatic ring is 1. The van der Waals surface area contributed by atoms with Gasteiger partial charge in [0.25, 0.3) is 5.56 Å². The highest BCUT2D eigenvalue weighted by Gasteiger charge is 2.09. The predicted octanol–water partition coefficient (Wildman–Crippen LogP) is 2.15. The van der Waals surface area contributed by atoms with E-state index in [1.54, 1.807) is 50.4 Å². The Bertz CT molecular complexity index is 783. The molecule has 1 heterocycles. The minimum Gasteiger partial charge on any atom is -0.402 e. The molecule has 0 aliphatic heterocycles. The highest BCUT2D eigenvalue weighted by Crippen LogP contribution is 2.18. The van der Waals surface area contributed by atoms with E-state index in [4.69, 9.17) is 16.9 Å². The molecule has 5 nitrogen and oxygen atoms in total. The first-order valence-electron chi connectivity index (χ1n) is 6.51. The van der Waals surface area contributed by atoms with Crippen LogP contribution in [0.3, 0.4) is 0 Å². The van der Waals surface area contributed by atoms with Gasteiger partial charge in [0.2, 0.25) is 0 Å². The van der Waals surface area contributed by atoms with Crippen molar-refractivity contribution in [3.05, 3.63) is 64.2 Å². The van der Waals surface area contributed by atoms with E-state index in [1.807, 2.05) is 0 Å². The van der Waals surface area contributed by atoms with Crippen molar-refractivity contribution < 1.29 is 0 Å². The van der Waals surface area contributed by atoms with Crippen LogP contribution in [0.15, 0.2) is 53.1 Å². The Kier molecular flexibility index (Phi) is 3.93. The number of allylic oxidation sites excluding steroid dienone is 2. The number of nitrogens with one attached hydrogen (secondary N) is 1. The van der Waals surface area contributed by atoms with E-state index < -0.39 is 0 Å². The minimum atomic E-state index is -0.166. The average molecular weight is 282 g/mol. The number of hydrogen-bond donors (Lipinski definition) is 3. The summed E-state index contributed by atoms with van der Waals surface area (Å²) in [7, 11) is 0. The molecule has 0 bridgehead atoms. The van der Waals surface area contributed by atoms with Crippen molar-refractivity contribution in [3.8, 4) is 5.69 Å². The molecule has 2 rings (SSSR count). The number of anilines is 1. The summed E-state index contributed by atoms with van der Waals surface area (Å²) in [5, 5.41) is 7.84. The molecule has 0 radical (unpaired) electrons. The van der Waals surface area contributed by atoms with E-state index in [2.05, 4.69) is 0 Å². The van der Waals surface area contributed by atoms with Crippen molar-refractivity contribution in [1.29, 1.82) is 5.41 Å². The summed E-state index contributed by atoms with van der Waals surface area (Å²) in [4.78, 5) is 12.1. The van der Waals surface area contributed by atoms with E-state index in [9.17, 15) is 4.79 Å². The van der Waals surface area contributed by atoms with Crippen molar-refractivity contribution in [3.63, 3.8) is 0 Å². The average Bonchev–Trinajstić information content (AvgIpc) is 2.40. The van der Waals surface area contributed by atoms with Gasteiger partial charge in [-0.3, -0.25) is 9.36 Å². The predicted molar refractivity (Wildman–Crippen MR) is 86.6 cm³/mol. The molecule has 2 aromatic rings. The number of pyridine rings is 1. The lowest BCUT2D eigenvalue weighted by atomic mass is 10.0. The fourth-order valence-electron chi connectivity index (χ4n) is 2.25. The van der Waals surface area contributed by atoms with Gasteiger partial charge in [0.05, 0.1) is 5.69 Å². The number of hydrogen-bond acceptors (Lipinski definition) is 4. The Balaban J connectivity index is 2.66. The van der Waals surface area contributed by atoms with Crippen LogP contribution in [0, 0.1) is 5.41 Å². The lowest BCUT2D eigenvalue weighted by Crippen LogP contribution is -2.18. The SMILES string of the molecule is CC(=N)/C(=C(/C)N)c1ccc(=O)n(-c2cccc(N)c2)c1. The maximum Gasteiger partial charge on any atom is 0.255 e. The summed E-state index contributed by atoms with van der Waals surface area (Å²) < 4.78 is 1.50. The van der Waals surface area contributed by atoms with Crippen molar-refractivity contribution in [2.45, 2.75) is 13.8 Å². The largest absolute Gasteiger partial charge is 0.402 e. The van der Waals surface area contributed by atoms with Gasteiger partial charge in [-0.15, -0.1) is 0 Å². The molecule has 108 valence electrons. The van der Waals surface area contributed by atoms with Crippen LogP contribution in [0.4, 0.5) is 5.69 Å². The quantitative estimate of drug-likeness (QED) is 0.594. The maximum atomic E-state index is 12.1. The lowest BCUT2D eigenvalue weighted by Gasteiger charge is -2.12. The zero-order valence-corrected chi connectivity index (χ0v) is 12.1. The fourth-order valence-corrected chi connectivity index (χ4v) is 2.25. The number of nitrogens with zero attached hydrogens (tertiary/aromatic N) is 1. The lowest BCUT2D eigenvalue weighted by molar-refractivity contribution is 0.986. The monoisotopic (exact) mass is 282 g/mol. The molecule has 0 aliphatic carbocycles. The summed E-state index contributed by atoms with van der Waals surface area (Å²) in [6.07, 6.45) is 1.68. The maximum absolute atomic E-state index is 12.1. The van der Waals surface area contributed by atoms with Crippen LogP contribution in [0.2, 0.25) is 0 Å². The molecule has 0 fully saturated rings. The molecule has 0 spiro atoms. The first-order valence-corrected chi connectivity index (χ1v) is 6.51. The van der Waals surface area contributed by atoms with Crippen LogP contribution in [0.25, 0.3) is 11.3 Å². The molecule has 1 aromatic heterocycles. The van der Waals surface area contributed by atoms with Crippen LogP contribution < -0.4 is 17.0 Å². The van der Waals surface area contributed by atoms with E-state index in [0.29, 0.717) is 28.4 Å². The molecule has 5 heteroatoms. The van der Waals surface area contributed by atoms with Crippen molar-refractivity contribution in [1.82, 2.24) is 4.57 Å². The third kappa shape index (κ3) is 3.02. The molecule has 0 amide bonds. The zero-order valence-electron chi connectivity index (χ0n) is 12.1. The van der Waals surface area contributed by atoms with Gasteiger partial charge in [-0.05, 0) is 38.1 Å². The molecular formula is C16H18N4O. The minimum absolute atomic E-state index is 0.166. The molecular weight excluding hydrogens is 264 g/mol. The van der Waals surface area contributed by atoms with Crippen LogP contribution in [0.1, 0.15) is 19.4 Å². The normalized spacial score (nSPS) is 11.9. The van der Waals surface area contributed by atoms with Crippen molar-refractivity contribution in [2.24, 2.45) is 5.73 Å². The van der Waals surface area contributed by atoms with Gasteiger partial charge in [-0.1, -0.05) is 6.07 Å². The molecule has 0 unspecified atom stereocenters. The van der Waals surface area contributed by atoms with Gasteiger partial charge < -0.3 is 16.9 Å². The number of rotatable bonds is 3. The van der Waals surface area contributed by atoms with Crippen molar-refractivity contribution >= 4 is 17.0 Å². The second-order valence-corrected chi connectivity index (χ2v) is 4.90. The third-order valence-electron chi connectivity index (χ3n) is 3.12. The van der Waals surface area contributed by atoms with Crippen molar-refractivity contribution in [2.75, 3.05) is 5.73 Å². The van der Waals surface area contributed by atoms with Gasteiger partial charge in [0.15, 0.2) is 0 Å². The molecule has 0 atom stereocenters. The molecule has 0 saturated carbocycles. The smallest absolute Gasteiger partial charge is 0.255 e. The van der Waals surface area contributed by atoms with Crippen LogP contribution in [-0.2, 0) is 0 Å². The van der Waals surface area contributed by atoms with E-state index >= 15 is 0 Å². The van der Waals surface area contributed by atoms with Gasteiger partial charge in [-0.25, -0.2) is 0 Å². The molecule has 0 aliphatic rings. The number of benzene rings is 1. The Labute approximate surface area is 123 Å². The standard InChI is InChI=1S/C16H18N4O/c1-10(17)16(11(2)18)12-6-7-15(21)20(9-12)14-5-3-4-13(19)8-14/h3-9,17H,18-19H2,1-2H3/b16-11+,17-10?. The molecule has 5 N–H and O–H groups in total. The Morgan fingerprint density at radius 1 is 1.19 bits per heavy atom. The molecule has 1 aromatic carbocycles. The third-order valence-corrected chi connectivity index (χ3v) is 3.12. The Morgan fingerprint density at radius 2 is 1.90 bits per heavy atom. The van der Waals surface area contributed by atoms with Gasteiger partial charge in [0.1, 0.15) is 0 Å². The first-order chi connectivity index (χ1) is 9.90. The summed E-state index contributed by atoms with van der Waals surface area (Å²) in [6.45, 7) is 3.41. The second-order valence-electron chi connectivity index (χ2n) is 4.90. The Morgan fingerprint density at radius 3 is 2.48 bits per heavy atom. The second kappa shape index (κ2) is 5.66. The molecule has 0 saturated heterocycles. The van der Waals surface area contributed by atoms with Gasteiger partial charge >= 0.3 is 0 Å². The van der Waals surface area contributed by atoms with Crippen LogP contribution in [0.5, 0.6) is 0 Å². The summed E-state index contributed by atoms with van der Waals surface area (Å²) in [5.41, 5.74) is 15.0. The van der Waals surface area contributed by atoms with E-state index in [-0.39, 0.29) is 5.56 Å². The van der Waals surface area contributed by atoms with Crippen LogP contribution >= 0.6 is 0 Å². The van der Waals surface area contributed by atoms with Gasteiger partial charge in [-0.2, -0.15) is 0 Å². The number of aromatic nitrogens is 1.